The summed E-state index contributed by atoms with van der Waals surface area (Å²) in [5, 5.41) is 12.9. The van der Waals surface area contributed by atoms with Crippen LogP contribution in [0.4, 0.5) is 4.79 Å². The van der Waals surface area contributed by atoms with Crippen LogP contribution >= 0.6 is 0 Å². The lowest BCUT2D eigenvalue weighted by molar-refractivity contribution is -0.137. The highest BCUT2D eigenvalue weighted by molar-refractivity contribution is 5.90. The van der Waals surface area contributed by atoms with E-state index in [1.165, 1.54) is 18.2 Å². The maximum Gasteiger partial charge on any atom is 0.408 e. The van der Waals surface area contributed by atoms with Crippen LogP contribution in [0.15, 0.2) is 74.5 Å². The van der Waals surface area contributed by atoms with Gasteiger partial charge in [0.05, 0.1) is 6.61 Å². The van der Waals surface area contributed by atoms with Crippen molar-refractivity contribution in [1.29, 1.82) is 0 Å². The molecule has 0 aliphatic rings. The van der Waals surface area contributed by atoms with E-state index in [9.17, 15) is 24.3 Å². The van der Waals surface area contributed by atoms with Crippen molar-refractivity contribution in [3.05, 3.63) is 82.4 Å². The molecule has 2 N–H and O–H groups in total. The number of ether oxygens (including phenoxy) is 3. The average Bonchev–Trinajstić information content (AvgIpc) is 3.41. The van der Waals surface area contributed by atoms with Crippen molar-refractivity contribution in [3.8, 4) is 22.8 Å². The Hall–Kier alpha value is -5.06. The molecule has 1 amide bonds. The Kier molecular flexibility index (Phi) is 8.53. The van der Waals surface area contributed by atoms with E-state index in [2.05, 4.69) is 5.32 Å². The van der Waals surface area contributed by atoms with Crippen molar-refractivity contribution >= 4 is 29.0 Å². The van der Waals surface area contributed by atoms with Gasteiger partial charge in [0.1, 0.15) is 52.7 Å². The van der Waals surface area contributed by atoms with Crippen LogP contribution in [-0.2, 0) is 20.9 Å². The second-order valence-corrected chi connectivity index (χ2v) is 9.03. The van der Waals surface area contributed by atoms with E-state index in [0.717, 1.165) is 17.9 Å². The second-order valence-electron chi connectivity index (χ2n) is 9.03. The normalized spacial score (nSPS) is 11.7. The minimum Gasteiger partial charge on any atom is -0.507 e. The molecule has 2 aromatic heterocycles. The van der Waals surface area contributed by atoms with E-state index < -0.39 is 35.3 Å². The average molecular weight is 550 g/mol. The highest BCUT2D eigenvalue weighted by Gasteiger charge is 2.28. The summed E-state index contributed by atoms with van der Waals surface area (Å²) in [5.74, 6) is -2.54. The number of esters is 2. The van der Waals surface area contributed by atoms with Gasteiger partial charge < -0.3 is 33.5 Å². The molecule has 11 heteroatoms. The number of carbonyl (C=O) groups excluding carboxylic acids is 3. The first kappa shape index (κ1) is 28.0. The predicted molar refractivity (Wildman–Crippen MR) is 142 cm³/mol. The zero-order valence-corrected chi connectivity index (χ0v) is 22.0. The van der Waals surface area contributed by atoms with E-state index in [1.54, 1.807) is 32.9 Å². The Morgan fingerprint density at radius 3 is 2.48 bits per heavy atom. The van der Waals surface area contributed by atoms with Gasteiger partial charge >= 0.3 is 18.0 Å². The number of hydrogen-bond acceptors (Lipinski definition) is 10. The van der Waals surface area contributed by atoms with Gasteiger partial charge in [0.25, 0.3) is 0 Å². The van der Waals surface area contributed by atoms with Crippen LogP contribution in [0.1, 0.15) is 36.9 Å². The smallest absolute Gasteiger partial charge is 0.408 e. The SMILES string of the molecule is CCOC(=O)c1ccc(-c2coc3cc(OC(=O)[C@@H](NC(=O)OCc4ccccc4)C(C)C)cc(O)c3c2=O)o1. The van der Waals surface area contributed by atoms with E-state index >= 15 is 0 Å². The highest BCUT2D eigenvalue weighted by Crippen LogP contribution is 2.31. The molecular weight excluding hydrogens is 522 g/mol. The fourth-order valence-corrected chi connectivity index (χ4v) is 3.80. The van der Waals surface area contributed by atoms with Gasteiger partial charge in [-0.3, -0.25) is 4.79 Å². The van der Waals surface area contributed by atoms with E-state index in [4.69, 9.17) is 23.0 Å². The molecule has 0 radical (unpaired) electrons. The van der Waals surface area contributed by atoms with Crippen molar-refractivity contribution in [3.63, 3.8) is 0 Å². The van der Waals surface area contributed by atoms with Crippen molar-refractivity contribution < 1.29 is 42.5 Å². The molecule has 0 bridgehead atoms. The lowest BCUT2D eigenvalue weighted by Crippen LogP contribution is -2.46. The molecule has 11 nitrogen and oxygen atoms in total. The number of furan rings is 1. The van der Waals surface area contributed by atoms with Gasteiger partial charge in [-0.1, -0.05) is 44.2 Å². The first-order chi connectivity index (χ1) is 19.2. The zero-order valence-electron chi connectivity index (χ0n) is 22.0. The molecule has 4 aromatic rings. The monoisotopic (exact) mass is 549 g/mol. The molecule has 0 saturated carbocycles. The Morgan fingerprint density at radius 2 is 1.77 bits per heavy atom. The van der Waals surface area contributed by atoms with Crippen LogP contribution in [0.2, 0.25) is 0 Å². The molecule has 1 atom stereocenters. The lowest BCUT2D eigenvalue weighted by Gasteiger charge is -2.20. The molecule has 208 valence electrons. The number of phenols is 1. The molecule has 2 aromatic carbocycles. The fraction of sp³-hybridized carbons (Fsp3) is 0.241. The van der Waals surface area contributed by atoms with E-state index in [0.29, 0.717) is 0 Å². The maximum absolute atomic E-state index is 13.1. The summed E-state index contributed by atoms with van der Waals surface area (Å²) < 4.78 is 26.4. The minimum absolute atomic E-state index is 0.0221. The largest absolute Gasteiger partial charge is 0.507 e. The summed E-state index contributed by atoms with van der Waals surface area (Å²) in [5.41, 5.74) is 0.0413. The van der Waals surface area contributed by atoms with Gasteiger partial charge in [0, 0.05) is 12.1 Å². The Bertz CT molecular complexity index is 1590. The number of benzene rings is 2. The first-order valence-electron chi connectivity index (χ1n) is 12.4. The molecular formula is C29H27NO10. The van der Waals surface area contributed by atoms with Crippen LogP contribution in [-0.4, -0.2) is 35.8 Å². The Morgan fingerprint density at radius 1 is 1.02 bits per heavy atom. The number of carbonyl (C=O) groups is 3. The van der Waals surface area contributed by atoms with Gasteiger partial charge in [-0.05, 0) is 30.5 Å². The quantitative estimate of drug-likeness (QED) is 0.220. The second kappa shape index (κ2) is 12.2. The van der Waals surface area contributed by atoms with Crippen LogP contribution in [0, 0.1) is 5.92 Å². The molecule has 0 unspecified atom stereocenters. The summed E-state index contributed by atoms with van der Waals surface area (Å²) in [6, 6.07) is 13.1. The number of alkyl carbamates (subject to hydrolysis) is 1. The molecule has 40 heavy (non-hydrogen) atoms. The minimum atomic E-state index is -1.07. The van der Waals surface area contributed by atoms with Gasteiger partial charge in [0.2, 0.25) is 11.2 Å². The topological polar surface area (TPSA) is 155 Å². The third-order valence-electron chi connectivity index (χ3n) is 5.80. The third-order valence-corrected chi connectivity index (χ3v) is 5.80. The summed E-state index contributed by atoms with van der Waals surface area (Å²) in [6.07, 6.45) is 0.299. The molecule has 4 rings (SSSR count). The van der Waals surface area contributed by atoms with Gasteiger partial charge in [0.15, 0.2) is 0 Å². The lowest BCUT2D eigenvalue weighted by atomic mass is 10.1. The van der Waals surface area contributed by atoms with Crippen molar-refractivity contribution in [2.45, 2.75) is 33.4 Å². The summed E-state index contributed by atoms with van der Waals surface area (Å²) >= 11 is 0. The number of aromatic hydroxyl groups is 1. The summed E-state index contributed by atoms with van der Waals surface area (Å²) in [6.45, 7) is 5.25. The van der Waals surface area contributed by atoms with Gasteiger partial charge in [-0.15, -0.1) is 0 Å². The standard InChI is InChI=1S/C29H27NO10/c1-4-36-27(33)22-11-10-21(40-22)19-15-37-23-13-18(12-20(31)24(23)26(19)32)39-28(34)25(16(2)3)30-29(35)38-14-17-8-6-5-7-9-17/h5-13,15-16,25,31H,4,14H2,1-3H3,(H,30,35)/t25-/m0/s1. The molecule has 0 spiro atoms. The van der Waals surface area contributed by atoms with Crippen molar-refractivity contribution in [2.24, 2.45) is 5.92 Å². The van der Waals surface area contributed by atoms with Crippen LogP contribution in [0.25, 0.3) is 22.3 Å². The van der Waals surface area contributed by atoms with Crippen LogP contribution in [0.3, 0.4) is 0 Å². The van der Waals surface area contributed by atoms with Crippen molar-refractivity contribution in [2.75, 3.05) is 6.61 Å². The number of fused-ring (bicyclic) bond motifs is 1. The highest BCUT2D eigenvalue weighted by atomic mass is 16.6. The molecule has 0 fully saturated rings. The Labute approximate surface area is 228 Å². The van der Waals surface area contributed by atoms with Crippen molar-refractivity contribution in [1.82, 2.24) is 5.32 Å². The Balaban J connectivity index is 1.50. The van der Waals surface area contributed by atoms with E-state index in [1.807, 2.05) is 18.2 Å². The molecule has 0 aliphatic carbocycles. The summed E-state index contributed by atoms with van der Waals surface area (Å²) in [7, 11) is 0. The molecule has 2 heterocycles. The van der Waals surface area contributed by atoms with Gasteiger partial charge in [-0.25, -0.2) is 14.4 Å². The van der Waals surface area contributed by atoms with E-state index in [-0.39, 0.29) is 52.9 Å². The number of rotatable bonds is 9. The number of nitrogens with one attached hydrogen (secondary N) is 1. The predicted octanol–water partition coefficient (Wildman–Crippen LogP) is 4.79. The van der Waals surface area contributed by atoms with Crippen LogP contribution in [0.5, 0.6) is 11.5 Å². The molecule has 0 saturated heterocycles. The summed E-state index contributed by atoms with van der Waals surface area (Å²) in [4.78, 5) is 50.2. The molecule has 0 aliphatic heterocycles. The number of amides is 1. The third kappa shape index (κ3) is 6.32. The zero-order chi connectivity index (χ0) is 28.8. The van der Waals surface area contributed by atoms with Gasteiger partial charge in [-0.2, -0.15) is 0 Å². The van der Waals surface area contributed by atoms with Crippen LogP contribution < -0.4 is 15.5 Å². The number of hydrogen-bond donors (Lipinski definition) is 2. The number of phenolic OH excluding ortho intramolecular Hbond substituents is 1. The first-order valence-corrected chi connectivity index (χ1v) is 12.4. The maximum atomic E-state index is 13.1. The fourth-order valence-electron chi connectivity index (χ4n) is 3.80.